The van der Waals surface area contributed by atoms with Gasteiger partial charge in [0.2, 0.25) is 0 Å². The van der Waals surface area contributed by atoms with Crippen LogP contribution in [0, 0.1) is 0 Å². The van der Waals surface area contributed by atoms with Crippen LogP contribution in [0.2, 0.25) is 0 Å². The van der Waals surface area contributed by atoms with Crippen LogP contribution < -0.4 is 4.74 Å². The molecule has 0 aliphatic rings. The van der Waals surface area contributed by atoms with Gasteiger partial charge in [0.05, 0.1) is 0 Å². The maximum absolute atomic E-state index is 11.7. The summed E-state index contributed by atoms with van der Waals surface area (Å²) in [6.07, 6.45) is 0. The van der Waals surface area contributed by atoms with E-state index < -0.39 is 6.61 Å². The predicted octanol–water partition coefficient (Wildman–Crippen LogP) is 3.73. The van der Waals surface area contributed by atoms with Crippen molar-refractivity contribution < 1.29 is 13.5 Å². The zero-order valence-electron chi connectivity index (χ0n) is 5.84. The minimum atomic E-state index is -2.75. The summed E-state index contributed by atoms with van der Waals surface area (Å²) in [7, 11) is 1.52. The van der Waals surface area contributed by atoms with Gasteiger partial charge in [0.15, 0.2) is 0 Å². The van der Waals surface area contributed by atoms with Crippen LogP contribution in [0.5, 0.6) is 5.75 Å². The summed E-state index contributed by atoms with van der Waals surface area (Å²) in [5.41, 5.74) is 0. The third-order valence-electron chi connectivity index (χ3n) is 1.14. The Labute approximate surface area is 85.1 Å². The average Bonchev–Trinajstić information content (AvgIpc) is 2.05. The van der Waals surface area contributed by atoms with Crippen LogP contribution in [-0.2, 0) is 0 Å². The van der Waals surface area contributed by atoms with Crippen molar-refractivity contribution in [3.63, 3.8) is 0 Å². The summed E-state index contributed by atoms with van der Waals surface area (Å²) in [4.78, 5) is 1.01. The molecule has 0 saturated heterocycles. The van der Waals surface area contributed by atoms with Crippen molar-refractivity contribution in [2.24, 2.45) is 0 Å². The first-order valence-corrected chi connectivity index (χ1v) is 6.42. The van der Waals surface area contributed by atoms with Crippen LogP contribution in [0.4, 0.5) is 8.78 Å². The maximum atomic E-state index is 11.7. The molecule has 12 heavy (non-hydrogen) atoms. The average molecular weight is 302 g/mol. The molecule has 66 valence electrons. The second kappa shape index (κ2) is 4.86. The zero-order valence-corrected chi connectivity index (χ0v) is 8.81. The molecule has 0 saturated carbocycles. The number of benzene rings is 1. The molecule has 0 spiro atoms. The Morgan fingerprint density at radius 3 is 2.25 bits per heavy atom. The molecule has 1 rings (SSSR count). The molecule has 0 fully saturated rings. The van der Waals surface area contributed by atoms with E-state index in [2.05, 4.69) is 25.9 Å². The molecule has 0 amide bonds. The first kappa shape index (κ1) is 10.0. The quantitative estimate of drug-likeness (QED) is 0.787. The zero-order chi connectivity index (χ0) is 8.97. The third-order valence-corrected chi connectivity index (χ3v) is 3.11. The van der Waals surface area contributed by atoms with Gasteiger partial charge in [-0.1, -0.05) is 8.93 Å². The fourth-order valence-corrected chi connectivity index (χ4v) is 1.79. The van der Waals surface area contributed by atoms with E-state index in [4.69, 9.17) is 0 Å². The van der Waals surface area contributed by atoms with E-state index in [1.165, 1.54) is 21.1 Å². The normalized spacial score (nSPS) is 10.3. The van der Waals surface area contributed by atoms with E-state index >= 15 is 0 Å². The van der Waals surface area contributed by atoms with Crippen molar-refractivity contribution in [1.29, 1.82) is 0 Å². The van der Waals surface area contributed by atoms with Crippen LogP contribution >= 0.6 is 30.1 Å². The van der Waals surface area contributed by atoms with Crippen molar-refractivity contribution in [3.05, 3.63) is 24.3 Å². The molecule has 1 nitrogen and oxygen atoms in total. The summed E-state index contributed by atoms with van der Waals surface area (Å²) in [6, 6.07) is 6.50. The fraction of sp³-hybridized carbons (Fsp3) is 0.143. The number of hydrogen-bond donors (Lipinski definition) is 0. The minimum Gasteiger partial charge on any atom is -0.435 e. The Balaban J connectivity index is 2.65. The van der Waals surface area contributed by atoms with Crippen molar-refractivity contribution in [3.8, 4) is 5.75 Å². The van der Waals surface area contributed by atoms with Crippen LogP contribution in [0.1, 0.15) is 0 Å². The number of rotatable bonds is 3. The van der Waals surface area contributed by atoms with Gasteiger partial charge in [-0.05, 0) is 24.3 Å². The highest BCUT2D eigenvalue weighted by atomic mass is 127. The second-order valence-corrected chi connectivity index (χ2v) is 3.87. The summed E-state index contributed by atoms with van der Waals surface area (Å²) >= 11 is 2.12. The highest BCUT2D eigenvalue weighted by Gasteiger charge is 2.02. The molecule has 0 aliphatic carbocycles. The lowest BCUT2D eigenvalue weighted by atomic mass is 10.3. The molecule has 1 aromatic carbocycles. The molecular formula is C7H5F2IOS. The molecule has 0 radical (unpaired) electrons. The van der Waals surface area contributed by atoms with Gasteiger partial charge in [-0.2, -0.15) is 8.78 Å². The predicted molar refractivity (Wildman–Crippen MR) is 53.0 cm³/mol. The Morgan fingerprint density at radius 1 is 1.25 bits per heavy atom. The molecular weight excluding hydrogens is 297 g/mol. The SMILES string of the molecule is FC(F)Oc1ccc(SI)cc1. The molecule has 0 bridgehead atoms. The Bertz CT molecular complexity index is 240. The largest absolute Gasteiger partial charge is 0.435 e. The monoisotopic (exact) mass is 302 g/mol. The molecule has 0 unspecified atom stereocenters. The van der Waals surface area contributed by atoms with E-state index in [1.807, 2.05) is 0 Å². The van der Waals surface area contributed by atoms with Crippen LogP contribution in [0.25, 0.3) is 0 Å². The lowest BCUT2D eigenvalue weighted by Gasteiger charge is -2.03. The molecule has 1 aromatic rings. The molecule has 0 aromatic heterocycles. The number of halogens is 3. The minimum absolute atomic E-state index is 0.194. The van der Waals surface area contributed by atoms with Gasteiger partial charge < -0.3 is 4.74 Å². The van der Waals surface area contributed by atoms with Crippen molar-refractivity contribution in [2.45, 2.75) is 11.5 Å². The van der Waals surface area contributed by atoms with Crippen molar-refractivity contribution in [1.82, 2.24) is 0 Å². The van der Waals surface area contributed by atoms with Gasteiger partial charge in [-0.25, -0.2) is 0 Å². The van der Waals surface area contributed by atoms with E-state index in [0.717, 1.165) is 4.90 Å². The standard InChI is InChI=1S/C7H5F2IOS/c8-7(9)11-5-1-3-6(12-10)4-2-5/h1-4,7H. The van der Waals surface area contributed by atoms with Gasteiger partial charge >= 0.3 is 6.61 Å². The Kier molecular flexibility index (Phi) is 4.07. The van der Waals surface area contributed by atoms with E-state index in [-0.39, 0.29) is 5.75 Å². The van der Waals surface area contributed by atoms with Gasteiger partial charge in [0, 0.05) is 26.1 Å². The van der Waals surface area contributed by atoms with E-state index in [1.54, 1.807) is 12.1 Å². The Hall–Kier alpha value is -0.0400. The van der Waals surface area contributed by atoms with E-state index in [9.17, 15) is 8.78 Å². The van der Waals surface area contributed by atoms with Crippen LogP contribution in [-0.4, -0.2) is 6.61 Å². The Morgan fingerprint density at radius 2 is 1.83 bits per heavy atom. The lowest BCUT2D eigenvalue weighted by molar-refractivity contribution is -0.0498. The molecule has 0 N–H and O–H groups in total. The summed E-state index contributed by atoms with van der Waals surface area (Å²) < 4.78 is 27.5. The van der Waals surface area contributed by atoms with E-state index in [0.29, 0.717) is 0 Å². The van der Waals surface area contributed by atoms with Crippen molar-refractivity contribution >= 4 is 30.1 Å². The summed E-state index contributed by atoms with van der Waals surface area (Å²) in [5, 5.41) is 0. The van der Waals surface area contributed by atoms with Crippen molar-refractivity contribution in [2.75, 3.05) is 0 Å². The maximum Gasteiger partial charge on any atom is 0.387 e. The number of ether oxygens (including phenoxy) is 1. The first-order chi connectivity index (χ1) is 5.72. The van der Waals surface area contributed by atoms with Gasteiger partial charge in [0.1, 0.15) is 5.75 Å². The molecule has 0 aliphatic heterocycles. The van der Waals surface area contributed by atoms with Crippen LogP contribution in [0.3, 0.4) is 0 Å². The molecule has 0 heterocycles. The lowest BCUT2D eigenvalue weighted by Crippen LogP contribution is -2.01. The topological polar surface area (TPSA) is 9.23 Å². The second-order valence-electron chi connectivity index (χ2n) is 1.93. The van der Waals surface area contributed by atoms with Gasteiger partial charge in [-0.15, -0.1) is 0 Å². The fourth-order valence-electron chi connectivity index (χ4n) is 0.673. The highest BCUT2D eigenvalue weighted by molar-refractivity contribution is 14.2. The summed E-state index contributed by atoms with van der Waals surface area (Å²) in [5.74, 6) is 0.194. The molecule has 5 heteroatoms. The summed E-state index contributed by atoms with van der Waals surface area (Å²) in [6.45, 7) is -2.75. The number of hydrogen-bond acceptors (Lipinski definition) is 2. The van der Waals surface area contributed by atoms with Gasteiger partial charge in [-0.3, -0.25) is 0 Å². The molecule has 0 atom stereocenters. The van der Waals surface area contributed by atoms with Gasteiger partial charge in [0.25, 0.3) is 0 Å². The highest BCUT2D eigenvalue weighted by Crippen LogP contribution is 2.26. The smallest absolute Gasteiger partial charge is 0.387 e. The van der Waals surface area contributed by atoms with Crippen LogP contribution in [0.15, 0.2) is 29.2 Å². The first-order valence-electron chi connectivity index (χ1n) is 3.06. The number of alkyl halides is 2. The third kappa shape index (κ3) is 3.14.